The van der Waals surface area contributed by atoms with Gasteiger partial charge in [0.25, 0.3) is 0 Å². The zero-order valence-electron chi connectivity index (χ0n) is 23.1. The molecule has 4 N–H and O–H groups in total. The van der Waals surface area contributed by atoms with Gasteiger partial charge < -0.3 is 39.4 Å². The first-order valence-corrected chi connectivity index (χ1v) is 13.6. The number of hydrogen-bond donors (Lipinski definition) is 4. The molecule has 0 atom stereocenters. The van der Waals surface area contributed by atoms with E-state index in [1.807, 2.05) is 84.9 Å². The molecule has 0 amide bonds. The van der Waals surface area contributed by atoms with Crippen molar-refractivity contribution in [2.24, 2.45) is 5.41 Å². The average molecular weight is 563 g/mol. The van der Waals surface area contributed by atoms with Gasteiger partial charge in [0, 0.05) is 6.42 Å². The molecular weight excluding hydrogens is 524 g/mol. The highest BCUT2D eigenvalue weighted by atomic mass is 16.5. The zero-order chi connectivity index (χ0) is 28.9. The zero-order valence-corrected chi connectivity index (χ0v) is 23.1. The SMILES string of the molecule is OCC1=CC=C(OCC(COc2ccc(CO)cc2)(COc2ccc(CO)cc2)COc2ccc(CO)cc2)CC1. The maximum Gasteiger partial charge on any atom is 0.119 e. The van der Waals surface area contributed by atoms with Gasteiger partial charge in [0.05, 0.1) is 32.2 Å². The smallest absolute Gasteiger partial charge is 0.119 e. The number of ether oxygens (including phenoxy) is 4. The van der Waals surface area contributed by atoms with E-state index in [1.165, 1.54) is 0 Å². The Balaban J connectivity index is 1.57. The third kappa shape index (κ3) is 9.09. The van der Waals surface area contributed by atoms with Gasteiger partial charge in [-0.1, -0.05) is 42.5 Å². The van der Waals surface area contributed by atoms with Crippen molar-refractivity contribution in [2.45, 2.75) is 32.7 Å². The van der Waals surface area contributed by atoms with Crippen molar-refractivity contribution in [1.29, 1.82) is 0 Å². The summed E-state index contributed by atoms with van der Waals surface area (Å²) in [5.41, 5.74) is 2.56. The molecule has 0 saturated heterocycles. The van der Waals surface area contributed by atoms with Crippen molar-refractivity contribution in [3.63, 3.8) is 0 Å². The third-order valence-electron chi connectivity index (χ3n) is 6.92. The quantitative estimate of drug-likeness (QED) is 0.204. The van der Waals surface area contributed by atoms with Crippen LogP contribution < -0.4 is 14.2 Å². The first-order chi connectivity index (χ1) is 20.0. The topological polar surface area (TPSA) is 118 Å². The molecule has 0 spiro atoms. The Kier molecular flexibility index (Phi) is 11.2. The summed E-state index contributed by atoms with van der Waals surface area (Å²) in [6.45, 7) is 0.740. The molecule has 0 fully saturated rings. The number of rotatable bonds is 16. The highest BCUT2D eigenvalue weighted by Gasteiger charge is 2.36. The normalized spacial score (nSPS) is 13.3. The van der Waals surface area contributed by atoms with Gasteiger partial charge in [0.1, 0.15) is 49.1 Å². The van der Waals surface area contributed by atoms with Crippen molar-refractivity contribution in [2.75, 3.05) is 33.0 Å². The van der Waals surface area contributed by atoms with Gasteiger partial charge >= 0.3 is 0 Å². The molecule has 0 aliphatic heterocycles. The summed E-state index contributed by atoms with van der Waals surface area (Å²) in [6, 6.07) is 21.7. The van der Waals surface area contributed by atoms with Crippen LogP contribution in [0.25, 0.3) is 0 Å². The van der Waals surface area contributed by atoms with Gasteiger partial charge in [-0.2, -0.15) is 0 Å². The predicted molar refractivity (Wildman–Crippen MR) is 154 cm³/mol. The lowest BCUT2D eigenvalue weighted by Gasteiger charge is -2.33. The molecule has 0 heterocycles. The van der Waals surface area contributed by atoms with Gasteiger partial charge in [-0.05, 0) is 71.2 Å². The summed E-state index contributed by atoms with van der Waals surface area (Å²) >= 11 is 0. The lowest BCUT2D eigenvalue weighted by molar-refractivity contribution is -0.0237. The minimum absolute atomic E-state index is 0.0302. The monoisotopic (exact) mass is 562 g/mol. The van der Waals surface area contributed by atoms with Crippen molar-refractivity contribution in [3.8, 4) is 17.2 Å². The van der Waals surface area contributed by atoms with Crippen LogP contribution >= 0.6 is 0 Å². The maximum atomic E-state index is 9.44. The Bertz CT molecular complexity index is 1140. The van der Waals surface area contributed by atoms with E-state index in [2.05, 4.69) is 0 Å². The summed E-state index contributed by atoms with van der Waals surface area (Å²) in [5, 5.41) is 37.6. The molecule has 218 valence electrons. The van der Waals surface area contributed by atoms with Gasteiger partial charge in [-0.15, -0.1) is 0 Å². The van der Waals surface area contributed by atoms with Crippen LogP contribution in [0.4, 0.5) is 0 Å². The van der Waals surface area contributed by atoms with Gasteiger partial charge in [0.2, 0.25) is 0 Å². The number of benzene rings is 3. The molecule has 1 aliphatic carbocycles. The Hall–Kier alpha value is -3.82. The van der Waals surface area contributed by atoms with E-state index in [0.717, 1.165) is 34.4 Å². The summed E-state index contributed by atoms with van der Waals surface area (Å²) in [5.74, 6) is 2.72. The van der Waals surface area contributed by atoms with Crippen LogP contribution in [0.15, 0.2) is 96.3 Å². The van der Waals surface area contributed by atoms with Crippen molar-refractivity contribution < 1.29 is 39.4 Å². The number of aliphatic hydroxyl groups is 4. The minimum Gasteiger partial charge on any atom is -0.497 e. The Morgan fingerprint density at radius 1 is 0.463 bits per heavy atom. The number of allylic oxidation sites excluding steroid dienone is 3. The van der Waals surface area contributed by atoms with Crippen LogP contribution in [0.3, 0.4) is 0 Å². The van der Waals surface area contributed by atoms with E-state index in [-0.39, 0.29) is 52.9 Å². The van der Waals surface area contributed by atoms with E-state index < -0.39 is 5.41 Å². The second-order valence-electron chi connectivity index (χ2n) is 10.2. The Morgan fingerprint density at radius 2 is 0.854 bits per heavy atom. The molecule has 41 heavy (non-hydrogen) atoms. The molecule has 3 aromatic carbocycles. The Morgan fingerprint density at radius 3 is 1.17 bits per heavy atom. The Labute approximate surface area is 240 Å². The first-order valence-electron chi connectivity index (χ1n) is 13.6. The number of aliphatic hydroxyl groups excluding tert-OH is 4. The van der Waals surface area contributed by atoms with E-state index >= 15 is 0 Å². The van der Waals surface area contributed by atoms with Crippen molar-refractivity contribution in [1.82, 2.24) is 0 Å². The van der Waals surface area contributed by atoms with E-state index in [9.17, 15) is 20.4 Å². The maximum absolute atomic E-state index is 9.44. The molecule has 4 rings (SSSR count). The number of hydrogen-bond acceptors (Lipinski definition) is 8. The fourth-order valence-electron chi connectivity index (χ4n) is 4.19. The lowest BCUT2D eigenvalue weighted by Crippen LogP contribution is -2.44. The summed E-state index contributed by atoms with van der Waals surface area (Å²) in [4.78, 5) is 0. The van der Waals surface area contributed by atoms with Crippen molar-refractivity contribution >= 4 is 0 Å². The van der Waals surface area contributed by atoms with Gasteiger partial charge in [-0.25, -0.2) is 0 Å². The molecule has 8 nitrogen and oxygen atoms in total. The molecule has 8 heteroatoms. The van der Waals surface area contributed by atoms with Gasteiger partial charge in [-0.3, -0.25) is 0 Å². The third-order valence-corrected chi connectivity index (χ3v) is 6.92. The lowest BCUT2D eigenvalue weighted by atomic mass is 9.91. The second-order valence-corrected chi connectivity index (χ2v) is 10.2. The molecular formula is C33H38O8. The van der Waals surface area contributed by atoms with Crippen LogP contribution in [0.2, 0.25) is 0 Å². The van der Waals surface area contributed by atoms with Crippen LogP contribution in [0.1, 0.15) is 29.5 Å². The van der Waals surface area contributed by atoms with Crippen LogP contribution in [-0.4, -0.2) is 53.5 Å². The van der Waals surface area contributed by atoms with Crippen LogP contribution in [0.5, 0.6) is 17.2 Å². The first kappa shape index (κ1) is 30.1. The predicted octanol–water partition coefficient (Wildman–Crippen LogP) is 4.30. The fourth-order valence-corrected chi connectivity index (χ4v) is 4.19. The van der Waals surface area contributed by atoms with Crippen LogP contribution in [-0.2, 0) is 24.6 Å². The molecule has 0 radical (unpaired) electrons. The molecule has 3 aromatic rings. The average Bonchev–Trinajstić information content (AvgIpc) is 3.05. The largest absolute Gasteiger partial charge is 0.497 e. The fraction of sp³-hybridized carbons (Fsp3) is 0.333. The van der Waals surface area contributed by atoms with Crippen molar-refractivity contribution in [3.05, 3.63) is 113 Å². The summed E-state index contributed by atoms with van der Waals surface area (Å²) in [6.07, 6.45) is 5.18. The van der Waals surface area contributed by atoms with E-state index in [0.29, 0.717) is 23.7 Å². The highest BCUT2D eigenvalue weighted by Crippen LogP contribution is 2.28. The van der Waals surface area contributed by atoms with E-state index in [4.69, 9.17) is 18.9 Å². The molecule has 1 aliphatic rings. The molecule has 0 saturated carbocycles. The second kappa shape index (κ2) is 15.3. The highest BCUT2D eigenvalue weighted by molar-refractivity contribution is 5.29. The van der Waals surface area contributed by atoms with Gasteiger partial charge in [0.15, 0.2) is 0 Å². The summed E-state index contributed by atoms with van der Waals surface area (Å²) in [7, 11) is 0. The van der Waals surface area contributed by atoms with Crippen LogP contribution in [0, 0.1) is 5.41 Å². The van der Waals surface area contributed by atoms with E-state index in [1.54, 1.807) is 0 Å². The summed E-state index contributed by atoms with van der Waals surface area (Å²) < 4.78 is 25.0. The molecule has 0 bridgehead atoms. The molecule has 0 aromatic heterocycles. The molecule has 0 unspecified atom stereocenters. The standard InChI is InChI=1S/C33H38O8/c34-17-25-1-9-29(10-2-25)38-21-33(22-39-30-11-3-26(18-35)4-12-30,23-40-31-13-5-27(19-36)6-14-31)24-41-32-15-7-28(20-37)8-16-32/h1-7,9-15,34-37H,8,16-24H2. The minimum atomic E-state index is -0.761.